The van der Waals surface area contributed by atoms with E-state index < -0.39 is 0 Å². The Morgan fingerprint density at radius 1 is 1.06 bits per heavy atom. The second-order valence-electron chi connectivity index (χ2n) is 4.16. The van der Waals surface area contributed by atoms with Gasteiger partial charge in [0.25, 0.3) is 0 Å². The van der Waals surface area contributed by atoms with Gasteiger partial charge in [-0.15, -0.1) is 0 Å². The Hall–Kier alpha value is -2.07. The van der Waals surface area contributed by atoms with Crippen LogP contribution in [0, 0.1) is 0 Å². The van der Waals surface area contributed by atoms with Gasteiger partial charge in [0.05, 0.1) is 5.69 Å². The number of aromatic nitrogens is 1. The molecule has 0 saturated carbocycles. The van der Waals surface area contributed by atoms with Gasteiger partial charge in [0.2, 0.25) is 0 Å². The summed E-state index contributed by atoms with van der Waals surface area (Å²) < 4.78 is 0. The van der Waals surface area contributed by atoms with Gasteiger partial charge in [-0.3, -0.25) is 4.98 Å². The summed E-state index contributed by atoms with van der Waals surface area (Å²) in [5.74, 6) is 0.328. The quantitative estimate of drug-likeness (QED) is 0.825. The minimum Gasteiger partial charge on any atom is -0.508 e. The molecule has 4 nitrogen and oxygen atoms in total. The number of benzene rings is 1. The fraction of sp³-hybridized carbons (Fsp3) is 0.154. The van der Waals surface area contributed by atoms with Gasteiger partial charge in [-0.2, -0.15) is 0 Å². The van der Waals surface area contributed by atoms with Crippen molar-refractivity contribution in [3.63, 3.8) is 0 Å². The molecule has 17 heavy (non-hydrogen) atoms. The van der Waals surface area contributed by atoms with E-state index in [1.54, 1.807) is 18.5 Å². The van der Waals surface area contributed by atoms with Crippen LogP contribution in [0.5, 0.6) is 5.75 Å². The number of hydrogen-bond acceptors (Lipinski definition) is 4. The molecule has 1 aromatic heterocycles. The van der Waals surface area contributed by atoms with Crippen molar-refractivity contribution in [2.24, 2.45) is 0 Å². The van der Waals surface area contributed by atoms with Crippen LogP contribution in [0.4, 0.5) is 5.69 Å². The monoisotopic (exact) mass is 227 g/mol. The largest absolute Gasteiger partial charge is 0.508 e. The number of hydrogen-bond donors (Lipinski definition) is 2. The molecular weight excluding hydrogens is 214 g/mol. The first-order valence-corrected chi connectivity index (χ1v) is 5.54. The predicted molar refractivity (Wildman–Crippen MR) is 65.2 cm³/mol. The van der Waals surface area contributed by atoms with E-state index in [0.717, 1.165) is 18.8 Å². The molecule has 1 aromatic carbocycles. The molecule has 0 amide bonds. The second kappa shape index (κ2) is 4.07. The summed E-state index contributed by atoms with van der Waals surface area (Å²) in [5, 5.41) is 11.5. The summed E-state index contributed by atoms with van der Waals surface area (Å²) in [6.45, 7) is 1.64. The lowest BCUT2D eigenvalue weighted by molar-refractivity contribution is 0.347. The Kier molecular flexibility index (Phi) is 2.42. The first-order chi connectivity index (χ1) is 8.31. The molecule has 1 aliphatic rings. The summed E-state index contributed by atoms with van der Waals surface area (Å²) in [5.41, 5.74) is 6.77. The van der Waals surface area contributed by atoms with Gasteiger partial charge in [0, 0.05) is 25.5 Å². The maximum atomic E-state index is 9.43. The van der Waals surface area contributed by atoms with Crippen LogP contribution in [0.2, 0.25) is 0 Å². The van der Waals surface area contributed by atoms with Gasteiger partial charge in [0.1, 0.15) is 5.75 Å². The van der Waals surface area contributed by atoms with Crippen molar-refractivity contribution in [1.29, 1.82) is 0 Å². The molecule has 2 N–H and O–H groups in total. The van der Waals surface area contributed by atoms with Crippen molar-refractivity contribution in [3.8, 4) is 5.75 Å². The SMILES string of the molecule is Oc1ccc2c(c1)CN(Nc1ccncc1)C2. The third-order valence-electron chi connectivity index (χ3n) is 2.88. The van der Waals surface area contributed by atoms with Crippen LogP contribution < -0.4 is 5.43 Å². The fourth-order valence-electron chi connectivity index (χ4n) is 2.07. The molecule has 2 heterocycles. The molecule has 0 fully saturated rings. The molecule has 2 aromatic rings. The van der Waals surface area contributed by atoms with Gasteiger partial charge >= 0.3 is 0 Å². The van der Waals surface area contributed by atoms with Gasteiger partial charge in [-0.05, 0) is 35.4 Å². The minimum atomic E-state index is 0.328. The van der Waals surface area contributed by atoms with Crippen molar-refractivity contribution in [2.45, 2.75) is 13.1 Å². The van der Waals surface area contributed by atoms with Crippen molar-refractivity contribution < 1.29 is 5.11 Å². The van der Waals surface area contributed by atoms with Crippen LogP contribution in [-0.2, 0) is 13.1 Å². The average molecular weight is 227 g/mol. The van der Waals surface area contributed by atoms with Crippen molar-refractivity contribution in [2.75, 3.05) is 5.43 Å². The Balaban J connectivity index is 1.74. The number of nitrogens with one attached hydrogen (secondary N) is 1. The molecular formula is C13H13N3O. The zero-order valence-electron chi connectivity index (χ0n) is 9.30. The first kappa shape index (κ1) is 10.1. The molecule has 0 radical (unpaired) electrons. The second-order valence-corrected chi connectivity index (χ2v) is 4.16. The highest BCUT2D eigenvalue weighted by Gasteiger charge is 2.18. The van der Waals surface area contributed by atoms with Crippen LogP contribution >= 0.6 is 0 Å². The summed E-state index contributed by atoms with van der Waals surface area (Å²) in [7, 11) is 0. The van der Waals surface area contributed by atoms with E-state index >= 15 is 0 Å². The van der Waals surface area contributed by atoms with Gasteiger partial charge in [0.15, 0.2) is 0 Å². The number of aromatic hydroxyl groups is 1. The van der Waals surface area contributed by atoms with E-state index in [2.05, 4.69) is 15.4 Å². The van der Waals surface area contributed by atoms with E-state index in [1.165, 1.54) is 11.1 Å². The number of nitrogens with zero attached hydrogens (tertiary/aromatic N) is 2. The zero-order valence-corrected chi connectivity index (χ0v) is 9.30. The molecule has 4 heteroatoms. The highest BCUT2D eigenvalue weighted by Crippen LogP contribution is 2.26. The van der Waals surface area contributed by atoms with Gasteiger partial charge in [-0.25, -0.2) is 5.01 Å². The van der Waals surface area contributed by atoms with E-state index in [0.29, 0.717) is 5.75 Å². The lowest BCUT2D eigenvalue weighted by Crippen LogP contribution is -2.23. The van der Waals surface area contributed by atoms with Crippen LogP contribution in [0.15, 0.2) is 42.7 Å². The Morgan fingerprint density at radius 2 is 1.82 bits per heavy atom. The van der Waals surface area contributed by atoms with E-state index in [1.807, 2.05) is 24.3 Å². The number of anilines is 1. The molecule has 0 saturated heterocycles. The van der Waals surface area contributed by atoms with Crippen LogP contribution in [-0.4, -0.2) is 15.1 Å². The zero-order chi connectivity index (χ0) is 11.7. The van der Waals surface area contributed by atoms with Crippen LogP contribution in [0.1, 0.15) is 11.1 Å². The van der Waals surface area contributed by atoms with Crippen molar-refractivity contribution in [1.82, 2.24) is 9.99 Å². The summed E-state index contributed by atoms with van der Waals surface area (Å²) in [6.07, 6.45) is 3.52. The lowest BCUT2D eigenvalue weighted by Gasteiger charge is -2.17. The predicted octanol–water partition coefficient (Wildman–Crippen LogP) is 2.13. The summed E-state index contributed by atoms with van der Waals surface area (Å²) in [4.78, 5) is 3.98. The number of phenolic OH excluding ortho intramolecular Hbond substituents is 1. The normalized spacial score (nSPS) is 14.6. The highest BCUT2D eigenvalue weighted by atomic mass is 16.3. The fourth-order valence-corrected chi connectivity index (χ4v) is 2.07. The van der Waals surface area contributed by atoms with E-state index in [-0.39, 0.29) is 0 Å². The lowest BCUT2D eigenvalue weighted by atomic mass is 10.1. The molecule has 0 bridgehead atoms. The number of rotatable bonds is 2. The minimum absolute atomic E-state index is 0.328. The Morgan fingerprint density at radius 3 is 2.65 bits per heavy atom. The van der Waals surface area contributed by atoms with Crippen molar-refractivity contribution >= 4 is 5.69 Å². The van der Waals surface area contributed by atoms with Crippen LogP contribution in [0.25, 0.3) is 0 Å². The number of fused-ring (bicyclic) bond motifs is 1. The Bertz CT molecular complexity index is 527. The van der Waals surface area contributed by atoms with Crippen molar-refractivity contribution in [3.05, 3.63) is 53.9 Å². The highest BCUT2D eigenvalue weighted by molar-refractivity contribution is 5.42. The molecule has 0 atom stereocenters. The Labute approximate surface area is 99.5 Å². The first-order valence-electron chi connectivity index (χ1n) is 5.54. The average Bonchev–Trinajstić information content (AvgIpc) is 2.71. The van der Waals surface area contributed by atoms with Gasteiger partial charge in [-0.1, -0.05) is 6.07 Å². The van der Waals surface area contributed by atoms with Gasteiger partial charge < -0.3 is 10.5 Å². The third kappa shape index (κ3) is 2.07. The van der Waals surface area contributed by atoms with Crippen LogP contribution in [0.3, 0.4) is 0 Å². The maximum absolute atomic E-state index is 9.43. The molecule has 0 unspecified atom stereocenters. The summed E-state index contributed by atoms with van der Waals surface area (Å²) in [6, 6.07) is 9.39. The summed E-state index contributed by atoms with van der Waals surface area (Å²) >= 11 is 0. The standard InChI is InChI=1S/C13H13N3O/c17-13-2-1-10-8-16(9-11(10)7-13)15-12-3-5-14-6-4-12/h1-7,17H,8-9H2,(H,14,15). The molecule has 0 aliphatic carbocycles. The molecule has 1 aliphatic heterocycles. The topological polar surface area (TPSA) is 48.4 Å². The third-order valence-corrected chi connectivity index (χ3v) is 2.88. The van der Waals surface area contributed by atoms with E-state index in [4.69, 9.17) is 0 Å². The molecule has 86 valence electrons. The number of phenols is 1. The van der Waals surface area contributed by atoms with E-state index in [9.17, 15) is 5.11 Å². The maximum Gasteiger partial charge on any atom is 0.115 e. The smallest absolute Gasteiger partial charge is 0.115 e. The number of hydrazine groups is 1. The number of pyridine rings is 1. The molecule has 0 spiro atoms. The molecule has 3 rings (SSSR count).